The van der Waals surface area contributed by atoms with Crippen molar-refractivity contribution in [1.29, 1.82) is 0 Å². The van der Waals surface area contributed by atoms with Gasteiger partial charge in [0.2, 0.25) is 0 Å². The summed E-state index contributed by atoms with van der Waals surface area (Å²) in [4.78, 5) is 34.0. The second kappa shape index (κ2) is 22.6. The van der Waals surface area contributed by atoms with Gasteiger partial charge in [0.15, 0.2) is 6.29 Å². The second-order valence-electron chi connectivity index (χ2n) is 17.1. The molecule has 4 aromatic carbocycles. The number of ether oxygens (including phenoxy) is 4. The third-order valence-electron chi connectivity index (χ3n) is 13.0. The first-order chi connectivity index (χ1) is 31.5. The fraction of sp³-hybridized carbons (Fsp3) is 0.434. The van der Waals surface area contributed by atoms with E-state index < -0.39 is 0 Å². The highest BCUT2D eigenvalue weighted by Gasteiger charge is 2.27. The number of thioether (sulfide) groups is 2. The van der Waals surface area contributed by atoms with Crippen molar-refractivity contribution in [2.24, 2.45) is 0 Å². The van der Waals surface area contributed by atoms with E-state index in [0.29, 0.717) is 35.3 Å². The number of aromatic amines is 2. The van der Waals surface area contributed by atoms with Crippen LogP contribution in [0.3, 0.4) is 0 Å². The molecule has 2 aliphatic carbocycles. The largest absolute Gasteiger partial charge is 0.465 e. The molecule has 3 N–H and O–H groups in total. The van der Waals surface area contributed by atoms with Crippen LogP contribution in [0.2, 0.25) is 0 Å². The molecule has 1 unspecified atom stereocenters. The number of hydrogen-bond donors (Lipinski definition) is 3. The molecule has 9 rings (SSSR count). The van der Waals surface area contributed by atoms with Gasteiger partial charge in [-0.15, -0.1) is 23.5 Å². The highest BCUT2D eigenvalue weighted by atomic mass is 32.2. The first-order valence-electron chi connectivity index (χ1n) is 23.2. The number of H-pyrrole nitrogens is 2. The SMILES string of the molecule is COC(=O)c1ccc2c(C3CCCCC3)c(-c3ccccc3SCCO)[nH]c2c1.COC(=O)c1ccc2c(C3CCCCC3)c(-c3ccccc3SCCOC3CCCCO3)[nH]c2c1. The van der Waals surface area contributed by atoms with Gasteiger partial charge in [-0.3, -0.25) is 0 Å². The summed E-state index contributed by atoms with van der Waals surface area (Å²) in [5.74, 6) is 1.97. The predicted octanol–water partition coefficient (Wildman–Crippen LogP) is 13.1. The van der Waals surface area contributed by atoms with Gasteiger partial charge in [0, 0.05) is 60.8 Å². The van der Waals surface area contributed by atoms with E-state index in [1.165, 1.54) is 133 Å². The number of methoxy groups -OCH3 is 2. The Morgan fingerprint density at radius 3 is 1.58 bits per heavy atom. The molecule has 64 heavy (non-hydrogen) atoms. The monoisotopic (exact) mass is 902 g/mol. The summed E-state index contributed by atoms with van der Waals surface area (Å²) in [5, 5.41) is 11.7. The molecule has 2 saturated carbocycles. The van der Waals surface area contributed by atoms with Gasteiger partial charge in [-0.25, -0.2) is 9.59 Å². The maximum atomic E-state index is 12.2. The Hall–Kier alpha value is -4.52. The minimum Gasteiger partial charge on any atom is -0.465 e. The maximum Gasteiger partial charge on any atom is 0.337 e. The summed E-state index contributed by atoms with van der Waals surface area (Å²) < 4.78 is 21.5. The molecule has 0 bridgehead atoms. The molecule has 1 saturated heterocycles. The van der Waals surface area contributed by atoms with E-state index in [9.17, 15) is 14.7 Å². The molecule has 1 atom stereocenters. The van der Waals surface area contributed by atoms with Gasteiger partial charge in [0.05, 0.1) is 49.9 Å². The van der Waals surface area contributed by atoms with Gasteiger partial charge in [0.1, 0.15) is 0 Å². The van der Waals surface area contributed by atoms with Crippen LogP contribution in [0.1, 0.15) is 127 Å². The van der Waals surface area contributed by atoms with Crippen LogP contribution in [-0.2, 0) is 18.9 Å². The quantitative estimate of drug-likeness (QED) is 0.0557. The summed E-state index contributed by atoms with van der Waals surface area (Å²) in [6.07, 6.45) is 15.8. The smallest absolute Gasteiger partial charge is 0.337 e. The van der Waals surface area contributed by atoms with Crippen molar-refractivity contribution in [3.8, 4) is 22.5 Å². The van der Waals surface area contributed by atoms with Gasteiger partial charge in [-0.2, -0.15) is 0 Å². The van der Waals surface area contributed by atoms with Crippen LogP contribution in [0.25, 0.3) is 44.3 Å². The van der Waals surface area contributed by atoms with Crippen molar-refractivity contribution in [3.63, 3.8) is 0 Å². The third-order valence-corrected chi connectivity index (χ3v) is 15.1. The van der Waals surface area contributed by atoms with Gasteiger partial charge in [-0.1, -0.05) is 87.1 Å². The van der Waals surface area contributed by atoms with Gasteiger partial charge in [-0.05, 0) is 104 Å². The number of hydrogen-bond acceptors (Lipinski definition) is 9. The molecule has 9 nitrogen and oxygen atoms in total. The molecule has 0 amide bonds. The summed E-state index contributed by atoms with van der Waals surface area (Å²) in [6.45, 7) is 1.64. The number of aromatic nitrogens is 2. The first kappa shape index (κ1) is 46.0. The van der Waals surface area contributed by atoms with Crippen LogP contribution in [0, 0.1) is 0 Å². The molecule has 3 fully saturated rings. The van der Waals surface area contributed by atoms with E-state index in [-0.39, 0.29) is 24.8 Å². The van der Waals surface area contributed by atoms with Gasteiger partial charge in [0.25, 0.3) is 0 Å². The third kappa shape index (κ3) is 10.8. The molecule has 3 heterocycles. The van der Waals surface area contributed by atoms with E-state index in [4.69, 9.17) is 18.9 Å². The van der Waals surface area contributed by atoms with Crippen molar-refractivity contribution in [1.82, 2.24) is 9.97 Å². The highest BCUT2D eigenvalue weighted by molar-refractivity contribution is 7.99. The van der Waals surface area contributed by atoms with Crippen LogP contribution in [0.5, 0.6) is 0 Å². The van der Waals surface area contributed by atoms with Crippen molar-refractivity contribution < 1.29 is 33.6 Å². The number of benzene rings is 4. The zero-order chi connectivity index (χ0) is 44.3. The summed E-state index contributed by atoms with van der Waals surface area (Å²) >= 11 is 3.51. The molecular weight excluding hydrogens is 841 g/mol. The second-order valence-corrected chi connectivity index (χ2v) is 19.4. The van der Waals surface area contributed by atoms with Gasteiger partial charge < -0.3 is 34.0 Å². The Kier molecular flexibility index (Phi) is 16.2. The molecular formula is C53H62N2O7S2. The van der Waals surface area contributed by atoms with E-state index in [1.54, 1.807) is 11.8 Å². The number of aliphatic hydroxyl groups excluding tert-OH is 1. The minimum atomic E-state index is -0.318. The van der Waals surface area contributed by atoms with E-state index in [2.05, 4.69) is 64.6 Å². The van der Waals surface area contributed by atoms with E-state index in [1.807, 2.05) is 42.1 Å². The summed E-state index contributed by atoms with van der Waals surface area (Å²) in [5.41, 5.74) is 10.6. The lowest BCUT2D eigenvalue weighted by Crippen LogP contribution is -2.23. The summed E-state index contributed by atoms with van der Waals surface area (Å²) in [7, 11) is 2.84. The Morgan fingerprint density at radius 2 is 1.11 bits per heavy atom. The number of carbonyl (C=O) groups excluding carboxylic acids is 2. The number of aliphatic hydroxyl groups is 1. The van der Waals surface area contributed by atoms with Crippen molar-refractivity contribution in [2.45, 2.75) is 111 Å². The zero-order valence-corrected chi connectivity index (χ0v) is 38.9. The lowest BCUT2D eigenvalue weighted by atomic mass is 9.82. The van der Waals surface area contributed by atoms with Crippen LogP contribution < -0.4 is 0 Å². The Bertz CT molecular complexity index is 2490. The van der Waals surface area contributed by atoms with E-state index >= 15 is 0 Å². The molecule has 1 aliphatic heterocycles. The fourth-order valence-corrected chi connectivity index (χ4v) is 11.6. The van der Waals surface area contributed by atoms with Gasteiger partial charge >= 0.3 is 11.9 Å². The lowest BCUT2D eigenvalue weighted by Gasteiger charge is -2.24. The Morgan fingerprint density at radius 1 is 0.625 bits per heavy atom. The van der Waals surface area contributed by atoms with Crippen LogP contribution in [0.15, 0.2) is 94.7 Å². The van der Waals surface area contributed by atoms with E-state index in [0.717, 1.165) is 41.9 Å². The average molecular weight is 903 g/mol. The molecule has 11 heteroatoms. The van der Waals surface area contributed by atoms with Crippen LogP contribution in [-0.4, -0.2) is 78.8 Å². The fourth-order valence-electron chi connectivity index (χ4n) is 9.91. The lowest BCUT2D eigenvalue weighted by molar-refractivity contribution is -0.158. The first-order valence-corrected chi connectivity index (χ1v) is 25.2. The Labute approximate surface area is 385 Å². The molecule has 6 aromatic rings. The van der Waals surface area contributed by atoms with Crippen LogP contribution >= 0.6 is 23.5 Å². The molecule has 0 spiro atoms. The van der Waals surface area contributed by atoms with Crippen molar-refractivity contribution in [3.05, 3.63) is 107 Å². The number of fused-ring (bicyclic) bond motifs is 2. The number of esters is 2. The Balaban J connectivity index is 0.000000178. The molecule has 338 valence electrons. The normalized spacial score (nSPS) is 17.3. The number of carbonyl (C=O) groups is 2. The highest BCUT2D eigenvalue weighted by Crippen LogP contribution is 2.46. The minimum absolute atomic E-state index is 0.0461. The molecule has 0 radical (unpaired) electrons. The maximum absolute atomic E-state index is 12.2. The predicted molar refractivity (Wildman–Crippen MR) is 260 cm³/mol. The number of nitrogens with one attached hydrogen (secondary N) is 2. The van der Waals surface area contributed by atoms with Crippen molar-refractivity contribution in [2.75, 3.05) is 45.5 Å². The number of rotatable bonds is 14. The zero-order valence-electron chi connectivity index (χ0n) is 37.3. The summed E-state index contributed by atoms with van der Waals surface area (Å²) in [6, 6.07) is 28.8. The van der Waals surface area contributed by atoms with Crippen LogP contribution in [0.4, 0.5) is 0 Å². The molecule has 2 aromatic heterocycles. The topological polar surface area (TPSA) is 123 Å². The standard InChI is InChI=1S/C29H35NO4S.C24H27NO3S/c1-32-29(31)21-14-15-22-24(19-21)30-28(27(22)20-9-3-2-4-10-20)23-11-5-6-12-25(23)35-18-17-34-26-13-7-8-16-33-26;1-28-24(27)17-11-12-18-20(15-17)25-23(22(18)16-7-3-2-4-8-16)19-9-5-6-10-21(19)29-14-13-26/h5-6,11-12,14-15,19-20,26,30H,2-4,7-10,13,16-18H2,1H3;5-6,9-12,15-16,25-26H,2-4,7-8,13-14H2,1H3. The average Bonchev–Trinajstić information content (AvgIpc) is 3.94. The molecule has 3 aliphatic rings. The van der Waals surface area contributed by atoms with Crippen molar-refractivity contribution >= 4 is 57.3 Å².